The Morgan fingerprint density at radius 2 is 2.44 bits per heavy atom. The number of nitrogens with one attached hydrogen (secondary N) is 2. The summed E-state index contributed by atoms with van der Waals surface area (Å²) >= 11 is 0. The summed E-state index contributed by atoms with van der Waals surface area (Å²) in [6, 6.07) is 3.29. The summed E-state index contributed by atoms with van der Waals surface area (Å²) in [6.45, 7) is 2.72. The summed E-state index contributed by atoms with van der Waals surface area (Å²) in [6.07, 6.45) is 2.37. The lowest BCUT2D eigenvalue weighted by Gasteiger charge is -2.22. The third-order valence-electron chi connectivity index (χ3n) is 2.97. The van der Waals surface area contributed by atoms with Gasteiger partial charge in [0, 0.05) is 25.6 Å². The van der Waals surface area contributed by atoms with E-state index in [9.17, 15) is 4.79 Å². The van der Waals surface area contributed by atoms with Crippen LogP contribution in [0.25, 0.3) is 0 Å². The van der Waals surface area contributed by atoms with Crippen LogP contribution in [0.1, 0.15) is 23.3 Å². The van der Waals surface area contributed by atoms with Gasteiger partial charge in [0.1, 0.15) is 0 Å². The van der Waals surface area contributed by atoms with E-state index in [1.807, 2.05) is 0 Å². The number of ether oxygens (including phenoxy) is 1. The Bertz CT molecular complexity index is 388. The molecule has 1 amide bonds. The van der Waals surface area contributed by atoms with Crippen molar-refractivity contribution in [2.24, 2.45) is 5.92 Å². The fraction of sp³-hybridized carbons (Fsp3) is 0.583. The molecule has 0 spiro atoms. The predicted molar refractivity (Wildman–Crippen MR) is 66.5 cm³/mol. The van der Waals surface area contributed by atoms with Crippen LogP contribution in [0, 0.1) is 5.92 Å². The number of hydrogen-bond donors (Lipinski definition) is 2. The maximum atomic E-state index is 11.3. The van der Waals surface area contributed by atoms with Gasteiger partial charge in [-0.15, -0.1) is 10.2 Å². The fourth-order valence-electron chi connectivity index (χ4n) is 1.92. The Hall–Kier alpha value is -1.69. The smallest absolute Gasteiger partial charge is 0.271 e. The van der Waals surface area contributed by atoms with Gasteiger partial charge in [-0.1, -0.05) is 0 Å². The molecule has 1 unspecified atom stereocenters. The van der Waals surface area contributed by atoms with Crippen molar-refractivity contribution < 1.29 is 9.53 Å². The van der Waals surface area contributed by atoms with E-state index in [4.69, 9.17) is 4.74 Å². The lowest BCUT2D eigenvalue weighted by Crippen LogP contribution is -2.33. The Kier molecular flexibility index (Phi) is 4.46. The summed E-state index contributed by atoms with van der Waals surface area (Å²) in [7, 11) is 1.56. The number of piperidine rings is 1. The molecule has 1 atom stereocenters. The zero-order chi connectivity index (χ0) is 12.8. The minimum absolute atomic E-state index is 0.245. The molecule has 98 valence electrons. The van der Waals surface area contributed by atoms with Crippen molar-refractivity contribution in [3.05, 3.63) is 17.8 Å². The van der Waals surface area contributed by atoms with E-state index in [1.165, 1.54) is 12.8 Å². The van der Waals surface area contributed by atoms with E-state index in [-0.39, 0.29) is 5.91 Å². The highest BCUT2D eigenvalue weighted by atomic mass is 16.5. The predicted octanol–water partition coefficient (Wildman–Crippen LogP) is 0.215. The lowest BCUT2D eigenvalue weighted by molar-refractivity contribution is 0.0956. The highest BCUT2D eigenvalue weighted by Gasteiger charge is 2.14. The van der Waals surface area contributed by atoms with Crippen LogP contribution in [-0.4, -0.2) is 42.8 Å². The third kappa shape index (κ3) is 3.40. The van der Waals surface area contributed by atoms with E-state index >= 15 is 0 Å². The van der Waals surface area contributed by atoms with Crippen molar-refractivity contribution in [2.75, 3.05) is 26.7 Å². The largest absolute Gasteiger partial charge is 0.476 e. The number of rotatable bonds is 4. The number of amides is 1. The van der Waals surface area contributed by atoms with Crippen molar-refractivity contribution in [1.82, 2.24) is 20.8 Å². The van der Waals surface area contributed by atoms with Gasteiger partial charge in [0.15, 0.2) is 5.69 Å². The topological polar surface area (TPSA) is 76.1 Å². The summed E-state index contributed by atoms with van der Waals surface area (Å²) in [5.41, 5.74) is 0.296. The minimum atomic E-state index is -0.245. The van der Waals surface area contributed by atoms with E-state index in [1.54, 1.807) is 19.2 Å². The average Bonchev–Trinajstić information content (AvgIpc) is 2.46. The first-order chi connectivity index (χ1) is 8.79. The molecular weight excluding hydrogens is 232 g/mol. The van der Waals surface area contributed by atoms with E-state index < -0.39 is 0 Å². The zero-order valence-electron chi connectivity index (χ0n) is 10.5. The van der Waals surface area contributed by atoms with Crippen molar-refractivity contribution in [2.45, 2.75) is 12.8 Å². The monoisotopic (exact) mass is 250 g/mol. The van der Waals surface area contributed by atoms with Gasteiger partial charge in [0.05, 0.1) is 6.61 Å². The first-order valence-corrected chi connectivity index (χ1v) is 6.19. The first kappa shape index (κ1) is 12.8. The standard InChI is InChI=1S/C12H18N4O2/c1-13-12(17)10-4-5-11(16-15-10)18-8-9-3-2-6-14-7-9/h4-5,9,14H,2-3,6-8H2,1H3,(H,13,17). The van der Waals surface area contributed by atoms with Gasteiger partial charge in [0.2, 0.25) is 5.88 Å². The molecule has 1 aliphatic heterocycles. The van der Waals surface area contributed by atoms with Crippen LogP contribution in [-0.2, 0) is 0 Å². The Morgan fingerprint density at radius 3 is 3.06 bits per heavy atom. The molecule has 2 rings (SSSR count). The van der Waals surface area contributed by atoms with Gasteiger partial charge in [-0.25, -0.2) is 0 Å². The maximum Gasteiger partial charge on any atom is 0.271 e. The molecule has 1 aliphatic rings. The Labute approximate surface area is 106 Å². The number of nitrogens with zero attached hydrogens (tertiary/aromatic N) is 2. The Balaban J connectivity index is 1.84. The van der Waals surface area contributed by atoms with Gasteiger partial charge in [-0.2, -0.15) is 0 Å². The van der Waals surface area contributed by atoms with Crippen LogP contribution >= 0.6 is 0 Å². The van der Waals surface area contributed by atoms with E-state index in [0.717, 1.165) is 13.1 Å². The summed E-state index contributed by atoms with van der Waals surface area (Å²) in [5.74, 6) is 0.748. The molecular formula is C12H18N4O2. The maximum absolute atomic E-state index is 11.3. The van der Waals surface area contributed by atoms with Crippen LogP contribution < -0.4 is 15.4 Å². The molecule has 0 saturated carbocycles. The van der Waals surface area contributed by atoms with Crippen molar-refractivity contribution >= 4 is 5.91 Å². The summed E-state index contributed by atoms with van der Waals surface area (Å²) in [4.78, 5) is 11.3. The van der Waals surface area contributed by atoms with Crippen LogP contribution in [0.2, 0.25) is 0 Å². The van der Waals surface area contributed by atoms with Gasteiger partial charge in [-0.05, 0) is 25.5 Å². The molecule has 6 heteroatoms. The lowest BCUT2D eigenvalue weighted by atomic mass is 10.0. The van der Waals surface area contributed by atoms with Crippen molar-refractivity contribution in [3.8, 4) is 5.88 Å². The molecule has 0 aliphatic carbocycles. The molecule has 0 bridgehead atoms. The molecule has 1 saturated heterocycles. The van der Waals surface area contributed by atoms with Crippen LogP contribution in [0.3, 0.4) is 0 Å². The van der Waals surface area contributed by atoms with Crippen LogP contribution in [0.15, 0.2) is 12.1 Å². The number of carbonyl (C=O) groups is 1. The summed E-state index contributed by atoms with van der Waals surface area (Å²) < 4.78 is 5.57. The number of aromatic nitrogens is 2. The van der Waals surface area contributed by atoms with Crippen molar-refractivity contribution in [3.63, 3.8) is 0 Å². The molecule has 1 aromatic heterocycles. The third-order valence-corrected chi connectivity index (χ3v) is 2.97. The number of carbonyl (C=O) groups excluding carboxylic acids is 1. The van der Waals surface area contributed by atoms with Gasteiger partial charge < -0.3 is 15.4 Å². The van der Waals surface area contributed by atoms with E-state index in [0.29, 0.717) is 24.1 Å². The second kappa shape index (κ2) is 6.30. The molecule has 1 aromatic rings. The molecule has 2 heterocycles. The minimum Gasteiger partial charge on any atom is -0.476 e. The quantitative estimate of drug-likeness (QED) is 0.799. The zero-order valence-corrected chi connectivity index (χ0v) is 10.5. The second-order valence-corrected chi connectivity index (χ2v) is 4.36. The first-order valence-electron chi connectivity index (χ1n) is 6.19. The molecule has 2 N–H and O–H groups in total. The van der Waals surface area contributed by atoms with E-state index in [2.05, 4.69) is 20.8 Å². The molecule has 0 aromatic carbocycles. The Morgan fingerprint density at radius 1 is 1.56 bits per heavy atom. The fourth-order valence-corrected chi connectivity index (χ4v) is 1.92. The van der Waals surface area contributed by atoms with Crippen LogP contribution in [0.4, 0.5) is 0 Å². The highest BCUT2D eigenvalue weighted by molar-refractivity contribution is 5.91. The highest BCUT2D eigenvalue weighted by Crippen LogP contribution is 2.12. The molecule has 0 radical (unpaired) electrons. The van der Waals surface area contributed by atoms with Crippen molar-refractivity contribution in [1.29, 1.82) is 0 Å². The number of hydrogen-bond acceptors (Lipinski definition) is 5. The molecule has 18 heavy (non-hydrogen) atoms. The van der Waals surface area contributed by atoms with Gasteiger partial charge >= 0.3 is 0 Å². The SMILES string of the molecule is CNC(=O)c1ccc(OCC2CCCNC2)nn1. The summed E-state index contributed by atoms with van der Waals surface area (Å²) in [5, 5.41) is 13.5. The van der Waals surface area contributed by atoms with Crippen LogP contribution in [0.5, 0.6) is 5.88 Å². The molecule has 1 fully saturated rings. The average molecular weight is 250 g/mol. The second-order valence-electron chi connectivity index (χ2n) is 4.36. The van der Waals surface area contributed by atoms with Gasteiger partial charge in [-0.3, -0.25) is 4.79 Å². The molecule has 6 nitrogen and oxygen atoms in total. The normalized spacial score (nSPS) is 19.3. The van der Waals surface area contributed by atoms with Gasteiger partial charge in [0.25, 0.3) is 5.91 Å².